The molecule has 5 nitrogen and oxygen atoms in total. The summed E-state index contributed by atoms with van der Waals surface area (Å²) in [5.41, 5.74) is 1.50. The Bertz CT molecular complexity index is 522. The van der Waals surface area contributed by atoms with Crippen LogP contribution < -0.4 is 0 Å². The molecule has 2 fully saturated rings. The van der Waals surface area contributed by atoms with Crippen molar-refractivity contribution in [2.75, 3.05) is 33.2 Å². The lowest BCUT2D eigenvalue weighted by molar-refractivity contribution is 0.0690. The van der Waals surface area contributed by atoms with E-state index in [9.17, 15) is 4.79 Å². The van der Waals surface area contributed by atoms with Gasteiger partial charge in [-0.05, 0) is 57.5 Å². The Balaban J connectivity index is 1.57. The van der Waals surface area contributed by atoms with Crippen molar-refractivity contribution in [1.82, 2.24) is 19.8 Å². The van der Waals surface area contributed by atoms with Gasteiger partial charge in [0.15, 0.2) is 0 Å². The number of aromatic nitrogens is 2. The first-order valence-electron chi connectivity index (χ1n) is 8.90. The number of rotatable bonds is 3. The fourth-order valence-electron chi connectivity index (χ4n) is 3.68. The maximum Gasteiger partial charge on any atom is 0.274 e. The zero-order chi connectivity index (χ0) is 16.2. The van der Waals surface area contributed by atoms with Gasteiger partial charge < -0.3 is 9.80 Å². The molecule has 1 aromatic heterocycles. The van der Waals surface area contributed by atoms with Crippen LogP contribution in [0, 0.1) is 11.8 Å². The minimum atomic E-state index is 0.0355. The molecule has 0 aromatic carbocycles. The lowest BCUT2D eigenvalue weighted by Gasteiger charge is -2.30. The molecular formula is C18H28N4O. The van der Waals surface area contributed by atoms with Crippen molar-refractivity contribution in [3.8, 4) is 0 Å². The van der Waals surface area contributed by atoms with E-state index in [2.05, 4.69) is 28.8 Å². The molecule has 1 amide bonds. The Labute approximate surface area is 139 Å². The van der Waals surface area contributed by atoms with Gasteiger partial charge in [-0.2, -0.15) is 0 Å². The van der Waals surface area contributed by atoms with E-state index in [1.807, 2.05) is 4.90 Å². The second kappa shape index (κ2) is 7.39. The SMILES string of the molecule is CC1CCN(C(=O)c2cnc(C[C@@H]3CCCN(C)C3)cn2)CC1. The van der Waals surface area contributed by atoms with Crippen molar-refractivity contribution in [3.63, 3.8) is 0 Å². The number of carbonyl (C=O) groups is 1. The zero-order valence-corrected chi connectivity index (χ0v) is 14.4. The van der Waals surface area contributed by atoms with Gasteiger partial charge in [0.05, 0.1) is 11.9 Å². The molecule has 0 spiro atoms. The fraction of sp³-hybridized carbons (Fsp3) is 0.722. The maximum absolute atomic E-state index is 12.5. The zero-order valence-electron chi connectivity index (χ0n) is 14.4. The van der Waals surface area contributed by atoms with Gasteiger partial charge in [0.25, 0.3) is 5.91 Å². The highest BCUT2D eigenvalue weighted by Gasteiger charge is 2.23. The van der Waals surface area contributed by atoms with E-state index >= 15 is 0 Å². The van der Waals surface area contributed by atoms with Crippen molar-refractivity contribution in [2.24, 2.45) is 11.8 Å². The van der Waals surface area contributed by atoms with Crippen LogP contribution in [0.5, 0.6) is 0 Å². The van der Waals surface area contributed by atoms with Gasteiger partial charge in [0.1, 0.15) is 5.69 Å². The normalized spacial score (nSPS) is 23.9. The Morgan fingerprint density at radius 1 is 1.17 bits per heavy atom. The Hall–Kier alpha value is -1.49. The Kier molecular flexibility index (Phi) is 5.26. The van der Waals surface area contributed by atoms with Crippen LogP contribution >= 0.6 is 0 Å². The van der Waals surface area contributed by atoms with E-state index < -0.39 is 0 Å². The number of amides is 1. The standard InChI is InChI=1S/C18H28N4O/c1-14-5-8-22(9-6-14)18(23)17-12-19-16(11-20-17)10-15-4-3-7-21(2)13-15/h11-12,14-15H,3-10,13H2,1-2H3/t15-/m0/s1. The Morgan fingerprint density at radius 2 is 1.96 bits per heavy atom. The predicted octanol–water partition coefficient (Wildman–Crippen LogP) is 2.23. The van der Waals surface area contributed by atoms with Crippen LogP contribution in [0.3, 0.4) is 0 Å². The topological polar surface area (TPSA) is 49.3 Å². The maximum atomic E-state index is 12.5. The largest absolute Gasteiger partial charge is 0.337 e. The average molecular weight is 316 g/mol. The first-order valence-corrected chi connectivity index (χ1v) is 8.90. The monoisotopic (exact) mass is 316 g/mol. The minimum absolute atomic E-state index is 0.0355. The first kappa shape index (κ1) is 16.4. The van der Waals surface area contributed by atoms with Crippen LogP contribution in [-0.4, -0.2) is 58.9 Å². The summed E-state index contributed by atoms with van der Waals surface area (Å²) in [5.74, 6) is 1.42. The first-order chi connectivity index (χ1) is 11.1. The number of hydrogen-bond donors (Lipinski definition) is 0. The molecule has 0 N–H and O–H groups in total. The second-order valence-corrected chi connectivity index (χ2v) is 7.34. The molecule has 0 saturated carbocycles. The molecular weight excluding hydrogens is 288 g/mol. The molecule has 3 heterocycles. The average Bonchev–Trinajstić information content (AvgIpc) is 2.56. The minimum Gasteiger partial charge on any atom is -0.337 e. The summed E-state index contributed by atoms with van der Waals surface area (Å²) in [5, 5.41) is 0. The summed E-state index contributed by atoms with van der Waals surface area (Å²) in [6.45, 7) is 6.27. The third-order valence-corrected chi connectivity index (χ3v) is 5.22. The lowest BCUT2D eigenvalue weighted by Crippen LogP contribution is -2.38. The van der Waals surface area contributed by atoms with Crippen molar-refractivity contribution in [1.29, 1.82) is 0 Å². The highest BCUT2D eigenvalue weighted by molar-refractivity contribution is 5.92. The summed E-state index contributed by atoms with van der Waals surface area (Å²) < 4.78 is 0. The molecule has 2 aliphatic heterocycles. The van der Waals surface area contributed by atoms with E-state index in [0.717, 1.165) is 50.5 Å². The molecule has 0 aliphatic carbocycles. The number of likely N-dealkylation sites (tertiary alicyclic amines) is 2. The summed E-state index contributed by atoms with van der Waals surface area (Å²) >= 11 is 0. The van der Waals surface area contributed by atoms with Gasteiger partial charge in [-0.15, -0.1) is 0 Å². The molecule has 23 heavy (non-hydrogen) atoms. The highest BCUT2D eigenvalue weighted by atomic mass is 16.2. The van der Waals surface area contributed by atoms with Crippen molar-refractivity contribution < 1.29 is 4.79 Å². The van der Waals surface area contributed by atoms with E-state index in [1.165, 1.54) is 19.4 Å². The fourth-order valence-corrected chi connectivity index (χ4v) is 3.68. The second-order valence-electron chi connectivity index (χ2n) is 7.34. The molecule has 1 aromatic rings. The van der Waals surface area contributed by atoms with Crippen molar-refractivity contribution in [3.05, 3.63) is 23.8 Å². The smallest absolute Gasteiger partial charge is 0.274 e. The van der Waals surface area contributed by atoms with E-state index in [-0.39, 0.29) is 5.91 Å². The molecule has 3 rings (SSSR count). The molecule has 2 saturated heterocycles. The summed E-state index contributed by atoms with van der Waals surface area (Å²) in [6.07, 6.45) is 9.14. The van der Waals surface area contributed by atoms with Crippen LogP contribution in [0.15, 0.2) is 12.4 Å². The van der Waals surface area contributed by atoms with E-state index in [0.29, 0.717) is 11.6 Å². The summed E-state index contributed by atoms with van der Waals surface area (Å²) in [7, 11) is 2.18. The van der Waals surface area contributed by atoms with Gasteiger partial charge in [0, 0.05) is 25.8 Å². The number of carbonyl (C=O) groups excluding carboxylic acids is 1. The van der Waals surface area contributed by atoms with Gasteiger partial charge in [-0.25, -0.2) is 4.98 Å². The van der Waals surface area contributed by atoms with Crippen LogP contribution in [0.4, 0.5) is 0 Å². The quantitative estimate of drug-likeness (QED) is 0.858. The number of piperidine rings is 2. The third-order valence-electron chi connectivity index (χ3n) is 5.22. The van der Waals surface area contributed by atoms with Crippen LogP contribution in [0.1, 0.15) is 48.8 Å². The summed E-state index contributed by atoms with van der Waals surface area (Å²) in [6, 6.07) is 0. The molecule has 2 aliphatic rings. The van der Waals surface area contributed by atoms with Crippen LogP contribution in [0.2, 0.25) is 0 Å². The van der Waals surface area contributed by atoms with Gasteiger partial charge in [0.2, 0.25) is 0 Å². The molecule has 0 bridgehead atoms. The summed E-state index contributed by atoms with van der Waals surface area (Å²) in [4.78, 5) is 25.7. The molecule has 5 heteroatoms. The van der Waals surface area contributed by atoms with Gasteiger partial charge in [-0.1, -0.05) is 6.92 Å². The predicted molar refractivity (Wildman–Crippen MR) is 90.3 cm³/mol. The lowest BCUT2D eigenvalue weighted by atomic mass is 9.94. The van der Waals surface area contributed by atoms with E-state index in [1.54, 1.807) is 12.4 Å². The highest BCUT2D eigenvalue weighted by Crippen LogP contribution is 2.20. The molecule has 0 unspecified atom stereocenters. The van der Waals surface area contributed by atoms with Crippen molar-refractivity contribution >= 4 is 5.91 Å². The molecule has 126 valence electrons. The number of nitrogens with zero attached hydrogens (tertiary/aromatic N) is 4. The van der Waals surface area contributed by atoms with Crippen LogP contribution in [-0.2, 0) is 6.42 Å². The molecule has 0 radical (unpaired) electrons. The third kappa shape index (κ3) is 4.28. The number of hydrogen-bond acceptors (Lipinski definition) is 4. The van der Waals surface area contributed by atoms with Gasteiger partial charge in [-0.3, -0.25) is 9.78 Å². The molecule has 1 atom stereocenters. The van der Waals surface area contributed by atoms with Gasteiger partial charge >= 0.3 is 0 Å². The Morgan fingerprint density at radius 3 is 2.61 bits per heavy atom. The van der Waals surface area contributed by atoms with E-state index in [4.69, 9.17) is 0 Å². The van der Waals surface area contributed by atoms with Crippen molar-refractivity contribution in [2.45, 2.75) is 39.0 Å². The van der Waals surface area contributed by atoms with Crippen LogP contribution in [0.25, 0.3) is 0 Å².